The van der Waals surface area contributed by atoms with Crippen molar-refractivity contribution >= 4 is 11.7 Å². The van der Waals surface area contributed by atoms with Crippen molar-refractivity contribution in [3.8, 4) is 16.9 Å². The van der Waals surface area contributed by atoms with E-state index in [1.807, 2.05) is 36.4 Å². The van der Waals surface area contributed by atoms with Gasteiger partial charge in [-0.25, -0.2) is 0 Å². The highest BCUT2D eigenvalue weighted by Crippen LogP contribution is 2.47. The third-order valence-corrected chi connectivity index (χ3v) is 6.00. The average molecular weight is 363 g/mol. The molecule has 1 atom stereocenters. The molecule has 27 heavy (non-hydrogen) atoms. The van der Waals surface area contributed by atoms with Gasteiger partial charge in [0.25, 0.3) is 0 Å². The fourth-order valence-corrected chi connectivity index (χ4v) is 4.62. The van der Waals surface area contributed by atoms with E-state index in [2.05, 4.69) is 12.1 Å². The molecule has 4 rings (SSSR count). The Hall–Kier alpha value is -2.62. The number of ether oxygens (including phenoxy) is 1. The second-order valence-electron chi connectivity index (χ2n) is 7.73. The normalized spacial score (nSPS) is 20.7. The molecule has 1 amide bonds. The van der Waals surface area contributed by atoms with E-state index in [1.165, 1.54) is 6.42 Å². The fraction of sp³-hybridized carbons (Fsp3) is 0.391. The van der Waals surface area contributed by atoms with Crippen LogP contribution in [0.5, 0.6) is 5.75 Å². The molecule has 2 aliphatic rings. The number of benzene rings is 2. The summed E-state index contributed by atoms with van der Waals surface area (Å²) in [6, 6.07) is 15.9. The van der Waals surface area contributed by atoms with Gasteiger partial charge in [0.15, 0.2) is 5.78 Å². The topological polar surface area (TPSA) is 69.4 Å². The molecule has 1 spiro atoms. The second kappa shape index (κ2) is 7.18. The summed E-state index contributed by atoms with van der Waals surface area (Å²) in [7, 11) is 0. The van der Waals surface area contributed by atoms with Gasteiger partial charge < -0.3 is 10.5 Å². The second-order valence-corrected chi connectivity index (χ2v) is 7.73. The van der Waals surface area contributed by atoms with Crippen molar-refractivity contribution in [3.63, 3.8) is 0 Å². The van der Waals surface area contributed by atoms with Crippen LogP contribution in [0.3, 0.4) is 0 Å². The summed E-state index contributed by atoms with van der Waals surface area (Å²) < 4.78 is 6.56. The Bertz CT molecular complexity index is 853. The molecule has 1 unspecified atom stereocenters. The summed E-state index contributed by atoms with van der Waals surface area (Å²) in [6.45, 7) is 0. The number of hydrogen-bond acceptors (Lipinski definition) is 3. The molecule has 0 saturated heterocycles. The Morgan fingerprint density at radius 3 is 2.48 bits per heavy atom. The Morgan fingerprint density at radius 2 is 1.78 bits per heavy atom. The number of carbonyl (C=O) groups excluding carboxylic acids is 2. The highest BCUT2D eigenvalue weighted by Gasteiger charge is 2.49. The predicted octanol–water partition coefficient (Wildman–Crippen LogP) is 4.51. The van der Waals surface area contributed by atoms with Gasteiger partial charge in [0.2, 0.25) is 5.91 Å². The highest BCUT2D eigenvalue weighted by molar-refractivity contribution is 6.03. The minimum Gasteiger partial charge on any atom is -0.486 e. The number of nitrogens with two attached hydrogens (primary N) is 1. The maximum Gasteiger partial charge on any atom is 0.217 e. The number of hydrogen-bond donors (Lipinski definition) is 1. The van der Waals surface area contributed by atoms with Gasteiger partial charge in [-0.2, -0.15) is 0 Å². The Balaban J connectivity index is 1.73. The molecule has 4 heteroatoms. The minimum absolute atomic E-state index is 0.0963. The summed E-state index contributed by atoms with van der Waals surface area (Å²) in [4.78, 5) is 24.7. The molecule has 0 aromatic heterocycles. The van der Waals surface area contributed by atoms with Crippen molar-refractivity contribution in [1.82, 2.24) is 0 Å². The van der Waals surface area contributed by atoms with Crippen LogP contribution in [-0.2, 0) is 4.79 Å². The lowest BCUT2D eigenvalue weighted by atomic mass is 9.69. The third kappa shape index (κ3) is 3.36. The van der Waals surface area contributed by atoms with Gasteiger partial charge in [-0.1, -0.05) is 42.8 Å². The Labute approximate surface area is 159 Å². The van der Waals surface area contributed by atoms with E-state index in [0.717, 1.165) is 36.8 Å². The molecule has 4 nitrogen and oxygen atoms in total. The van der Waals surface area contributed by atoms with Gasteiger partial charge in [-0.15, -0.1) is 0 Å². The van der Waals surface area contributed by atoms with Crippen LogP contribution in [0, 0.1) is 5.92 Å². The smallest absolute Gasteiger partial charge is 0.217 e. The lowest BCUT2D eigenvalue weighted by molar-refractivity contribution is -0.118. The molecule has 1 heterocycles. The molecule has 1 aliphatic heterocycles. The summed E-state index contributed by atoms with van der Waals surface area (Å²) in [5.74, 6) is 0.122. The maximum atomic E-state index is 13.3. The molecule has 1 saturated carbocycles. The number of ketones is 1. The zero-order chi connectivity index (χ0) is 18.9. The van der Waals surface area contributed by atoms with Crippen LogP contribution in [0.2, 0.25) is 0 Å². The molecule has 2 aromatic rings. The number of primary amides is 1. The molecule has 2 aromatic carbocycles. The van der Waals surface area contributed by atoms with Crippen LogP contribution in [0.25, 0.3) is 11.1 Å². The highest BCUT2D eigenvalue weighted by atomic mass is 16.5. The van der Waals surface area contributed by atoms with Crippen LogP contribution in [0.15, 0.2) is 48.5 Å². The van der Waals surface area contributed by atoms with Crippen LogP contribution >= 0.6 is 0 Å². The van der Waals surface area contributed by atoms with Gasteiger partial charge in [0.05, 0.1) is 11.5 Å². The molecule has 0 bridgehead atoms. The molecular formula is C23H25NO3. The number of amides is 1. The van der Waals surface area contributed by atoms with E-state index >= 15 is 0 Å². The summed E-state index contributed by atoms with van der Waals surface area (Å²) >= 11 is 0. The molecule has 1 fully saturated rings. The van der Waals surface area contributed by atoms with E-state index in [4.69, 9.17) is 10.5 Å². The monoisotopic (exact) mass is 363 g/mol. The summed E-state index contributed by atoms with van der Waals surface area (Å²) in [5, 5.41) is 0. The van der Waals surface area contributed by atoms with Crippen molar-refractivity contribution in [2.45, 2.75) is 50.5 Å². The van der Waals surface area contributed by atoms with Gasteiger partial charge in [-0.05, 0) is 55.4 Å². The van der Waals surface area contributed by atoms with Crippen molar-refractivity contribution in [3.05, 3.63) is 54.1 Å². The fourth-order valence-electron chi connectivity index (χ4n) is 4.62. The molecule has 1 aliphatic carbocycles. The zero-order valence-corrected chi connectivity index (χ0v) is 15.4. The lowest BCUT2D eigenvalue weighted by Crippen LogP contribution is -2.52. The SMILES string of the molecule is NC(=O)CCC1C(=O)c2ccc(-c3ccccc3)cc2OC12CCCCC2. The van der Waals surface area contributed by atoms with E-state index in [9.17, 15) is 9.59 Å². The van der Waals surface area contributed by atoms with Crippen LogP contribution in [0.4, 0.5) is 0 Å². The minimum atomic E-state index is -0.493. The maximum absolute atomic E-state index is 13.3. The standard InChI is InChI=1S/C23H25NO3/c24-21(25)12-11-19-22(26)18-10-9-17(16-7-3-1-4-8-16)15-20(18)27-23(19)13-5-2-6-14-23/h1,3-4,7-10,15,19H,2,5-6,11-14H2,(H2,24,25). The van der Waals surface area contributed by atoms with Gasteiger partial charge >= 0.3 is 0 Å². The number of rotatable bonds is 4. The van der Waals surface area contributed by atoms with E-state index in [1.54, 1.807) is 0 Å². The van der Waals surface area contributed by atoms with Gasteiger partial charge in [0, 0.05) is 6.42 Å². The quantitative estimate of drug-likeness (QED) is 0.869. The first-order valence-electron chi connectivity index (χ1n) is 9.80. The van der Waals surface area contributed by atoms with Gasteiger partial charge in [0.1, 0.15) is 11.4 Å². The first-order chi connectivity index (χ1) is 13.1. The number of Topliss-reactive ketones (excluding diaryl/α,β-unsaturated/α-hetero) is 1. The van der Waals surface area contributed by atoms with Crippen LogP contribution in [-0.4, -0.2) is 17.3 Å². The Kier molecular flexibility index (Phi) is 4.73. The summed E-state index contributed by atoms with van der Waals surface area (Å²) in [5.41, 5.74) is 7.64. The largest absolute Gasteiger partial charge is 0.486 e. The van der Waals surface area contributed by atoms with E-state index in [0.29, 0.717) is 17.7 Å². The van der Waals surface area contributed by atoms with E-state index < -0.39 is 5.60 Å². The van der Waals surface area contributed by atoms with Crippen molar-refractivity contribution in [1.29, 1.82) is 0 Å². The van der Waals surface area contributed by atoms with Crippen LogP contribution in [0.1, 0.15) is 55.3 Å². The lowest BCUT2D eigenvalue weighted by Gasteiger charge is -2.46. The molecular weight excluding hydrogens is 338 g/mol. The number of carbonyl (C=O) groups is 2. The predicted molar refractivity (Wildman–Crippen MR) is 105 cm³/mol. The van der Waals surface area contributed by atoms with Crippen molar-refractivity contribution in [2.75, 3.05) is 0 Å². The Morgan fingerprint density at radius 1 is 1.04 bits per heavy atom. The molecule has 140 valence electrons. The average Bonchev–Trinajstić information content (AvgIpc) is 2.68. The number of fused-ring (bicyclic) bond motifs is 1. The molecule has 0 radical (unpaired) electrons. The molecule has 2 N–H and O–H groups in total. The van der Waals surface area contributed by atoms with Crippen molar-refractivity contribution in [2.24, 2.45) is 11.7 Å². The first-order valence-corrected chi connectivity index (χ1v) is 9.80. The summed E-state index contributed by atoms with van der Waals surface area (Å²) in [6.07, 6.45) is 5.67. The van der Waals surface area contributed by atoms with Crippen LogP contribution < -0.4 is 10.5 Å². The first kappa shape index (κ1) is 17.8. The van der Waals surface area contributed by atoms with E-state index in [-0.39, 0.29) is 24.0 Å². The third-order valence-electron chi connectivity index (χ3n) is 6.00. The van der Waals surface area contributed by atoms with Gasteiger partial charge in [-0.3, -0.25) is 9.59 Å². The zero-order valence-electron chi connectivity index (χ0n) is 15.4. The van der Waals surface area contributed by atoms with Crippen molar-refractivity contribution < 1.29 is 14.3 Å².